The molecule has 2 bridgehead atoms. The molecule has 4 atom stereocenters. The second-order valence-corrected chi connectivity index (χ2v) is 9.98. The van der Waals surface area contributed by atoms with Gasteiger partial charge in [-0.2, -0.15) is 0 Å². The van der Waals surface area contributed by atoms with Crippen LogP contribution >= 0.6 is 0 Å². The third-order valence-electron chi connectivity index (χ3n) is 7.45. The molecule has 2 aliphatic rings. The largest absolute Gasteiger partial charge is 0.496 e. The van der Waals surface area contributed by atoms with Crippen molar-refractivity contribution in [2.24, 2.45) is 5.92 Å². The van der Waals surface area contributed by atoms with Crippen molar-refractivity contribution in [1.82, 2.24) is 15.6 Å². The van der Waals surface area contributed by atoms with Gasteiger partial charge < -0.3 is 20.3 Å². The normalized spacial score (nSPS) is 22.4. The Bertz CT molecular complexity index is 1020. The van der Waals surface area contributed by atoms with Crippen LogP contribution in [0.25, 0.3) is 0 Å². The Kier molecular flexibility index (Phi) is 7.10. The van der Waals surface area contributed by atoms with E-state index in [1.807, 2.05) is 44.2 Å². The fraction of sp³-hybridized carbons (Fsp3) is 0.519. The highest BCUT2D eigenvalue weighted by Gasteiger charge is 2.42. The highest BCUT2D eigenvalue weighted by Crippen LogP contribution is 2.38. The van der Waals surface area contributed by atoms with Gasteiger partial charge in [0.2, 0.25) is 0 Å². The zero-order chi connectivity index (χ0) is 24.4. The molecule has 2 N–H and O–H groups in total. The summed E-state index contributed by atoms with van der Waals surface area (Å²) < 4.78 is 5.37. The molecule has 2 amide bonds. The number of fused-ring (bicyclic) bond motifs is 2. The van der Waals surface area contributed by atoms with Gasteiger partial charge in [0.25, 0.3) is 11.8 Å². The van der Waals surface area contributed by atoms with Crippen LogP contribution in [0.1, 0.15) is 72.7 Å². The molecule has 2 fully saturated rings. The zero-order valence-electron chi connectivity index (χ0n) is 20.8. The first-order valence-corrected chi connectivity index (χ1v) is 12.3. The van der Waals surface area contributed by atoms with Crippen LogP contribution in [-0.4, -0.2) is 48.1 Å². The van der Waals surface area contributed by atoms with E-state index in [4.69, 9.17) is 4.74 Å². The molecule has 0 spiro atoms. The molecule has 2 aromatic rings. The van der Waals surface area contributed by atoms with Crippen LogP contribution < -0.4 is 20.3 Å². The summed E-state index contributed by atoms with van der Waals surface area (Å²) in [6, 6.07) is 10.3. The number of ether oxygens (including phenoxy) is 1. The number of carbonyl (C=O) groups excluding carboxylic acids is 2. The van der Waals surface area contributed by atoms with E-state index in [0.717, 1.165) is 42.8 Å². The topological polar surface area (TPSA) is 83.6 Å². The van der Waals surface area contributed by atoms with Crippen molar-refractivity contribution >= 4 is 17.6 Å². The maximum Gasteiger partial charge on any atom is 0.253 e. The van der Waals surface area contributed by atoms with Gasteiger partial charge in [-0.25, -0.2) is 4.98 Å². The third kappa shape index (κ3) is 4.88. The second-order valence-electron chi connectivity index (χ2n) is 9.98. The van der Waals surface area contributed by atoms with Crippen molar-refractivity contribution in [2.45, 2.75) is 77.5 Å². The lowest BCUT2D eigenvalue weighted by Gasteiger charge is -2.40. The van der Waals surface area contributed by atoms with Gasteiger partial charge in [-0.1, -0.05) is 19.9 Å². The maximum absolute atomic E-state index is 13.0. The van der Waals surface area contributed by atoms with E-state index >= 15 is 0 Å². The molecule has 3 heterocycles. The van der Waals surface area contributed by atoms with Gasteiger partial charge in [0.15, 0.2) is 0 Å². The van der Waals surface area contributed by atoms with E-state index < -0.39 is 0 Å². The number of nitrogens with one attached hydrogen (secondary N) is 2. The lowest BCUT2D eigenvalue weighted by atomic mass is 9.96. The molecule has 182 valence electrons. The summed E-state index contributed by atoms with van der Waals surface area (Å²) in [6.07, 6.45) is 5.63. The van der Waals surface area contributed by atoms with Gasteiger partial charge in [-0.05, 0) is 69.7 Å². The van der Waals surface area contributed by atoms with Crippen molar-refractivity contribution in [2.75, 3.05) is 12.0 Å². The molecular formula is C27H36N4O3. The first-order valence-electron chi connectivity index (χ1n) is 12.3. The maximum atomic E-state index is 13.0. The van der Waals surface area contributed by atoms with Gasteiger partial charge in [0, 0.05) is 41.5 Å². The zero-order valence-corrected chi connectivity index (χ0v) is 20.8. The number of piperidine rings is 1. The van der Waals surface area contributed by atoms with Crippen molar-refractivity contribution in [3.8, 4) is 5.75 Å². The van der Waals surface area contributed by atoms with Gasteiger partial charge >= 0.3 is 0 Å². The van der Waals surface area contributed by atoms with E-state index in [1.165, 1.54) is 0 Å². The Hall–Kier alpha value is -3.09. The lowest BCUT2D eigenvalue weighted by Crippen LogP contribution is -2.50. The fourth-order valence-corrected chi connectivity index (χ4v) is 5.14. The van der Waals surface area contributed by atoms with E-state index in [1.54, 1.807) is 13.3 Å². The smallest absolute Gasteiger partial charge is 0.253 e. The molecule has 4 rings (SSSR count). The summed E-state index contributed by atoms with van der Waals surface area (Å²) in [7, 11) is 1.62. The highest BCUT2D eigenvalue weighted by atomic mass is 16.5. The summed E-state index contributed by atoms with van der Waals surface area (Å²) in [5, 5.41) is 6.29. The standard InChI is InChI=1S/C27H36N4O3/c1-16(2)18(4)29-26(32)19-9-12-25(28-15-19)31-21-10-11-22(31)14-20(13-21)30-27(33)23-7-6-8-24(34-5)17(23)3/h6-9,12,15-16,18,20-22H,10-11,13-14H2,1-5H3,(H,29,32)(H,30,33)/t18-,20?,21-,22+/m0/s1. The van der Waals surface area contributed by atoms with E-state index in [9.17, 15) is 9.59 Å². The minimum absolute atomic E-state index is 0.0432. The van der Waals surface area contributed by atoms with Crippen molar-refractivity contribution in [1.29, 1.82) is 0 Å². The SMILES string of the molecule is COc1cccc(C(=O)NC2C[C@H]3CC[C@@H](C2)N3c2ccc(C(=O)N[C@@H](C)C(C)C)cn2)c1C. The Morgan fingerprint density at radius 3 is 2.35 bits per heavy atom. The van der Waals surface area contributed by atoms with Crippen LogP contribution in [0.2, 0.25) is 0 Å². The number of pyridine rings is 1. The predicted octanol–water partition coefficient (Wildman–Crippen LogP) is 4.10. The number of aromatic nitrogens is 1. The fourth-order valence-electron chi connectivity index (χ4n) is 5.14. The summed E-state index contributed by atoms with van der Waals surface area (Å²) in [5.74, 6) is 1.89. The average molecular weight is 465 g/mol. The first kappa shape index (κ1) is 24.0. The molecule has 2 saturated heterocycles. The number of hydrogen-bond donors (Lipinski definition) is 2. The molecule has 0 saturated carbocycles. The molecule has 0 aliphatic carbocycles. The van der Waals surface area contributed by atoms with Gasteiger partial charge in [-0.15, -0.1) is 0 Å². The number of carbonyl (C=O) groups is 2. The molecule has 0 radical (unpaired) electrons. The number of benzene rings is 1. The summed E-state index contributed by atoms with van der Waals surface area (Å²) in [5.41, 5.74) is 2.11. The van der Waals surface area contributed by atoms with Crippen molar-refractivity contribution < 1.29 is 14.3 Å². The van der Waals surface area contributed by atoms with Crippen molar-refractivity contribution in [3.63, 3.8) is 0 Å². The predicted molar refractivity (Wildman–Crippen MR) is 134 cm³/mol. The number of amides is 2. The number of nitrogens with zero attached hydrogens (tertiary/aromatic N) is 2. The second kappa shape index (κ2) is 10.0. The first-order chi connectivity index (χ1) is 16.3. The molecule has 1 aromatic carbocycles. The number of hydrogen-bond acceptors (Lipinski definition) is 5. The molecule has 7 heteroatoms. The molecule has 2 aliphatic heterocycles. The molecule has 1 aromatic heterocycles. The minimum atomic E-state index is -0.0857. The molecule has 1 unspecified atom stereocenters. The summed E-state index contributed by atoms with van der Waals surface area (Å²) in [6.45, 7) is 8.11. The van der Waals surface area contributed by atoms with Crippen LogP contribution in [-0.2, 0) is 0 Å². The number of methoxy groups -OCH3 is 1. The van der Waals surface area contributed by atoms with Gasteiger partial charge in [-0.3, -0.25) is 9.59 Å². The third-order valence-corrected chi connectivity index (χ3v) is 7.45. The van der Waals surface area contributed by atoms with E-state index in [0.29, 0.717) is 29.1 Å². The van der Waals surface area contributed by atoms with Crippen LogP contribution in [0, 0.1) is 12.8 Å². The quantitative estimate of drug-likeness (QED) is 0.645. The van der Waals surface area contributed by atoms with Gasteiger partial charge in [0.1, 0.15) is 11.6 Å². The molecule has 34 heavy (non-hydrogen) atoms. The van der Waals surface area contributed by atoms with Crippen LogP contribution in [0.4, 0.5) is 5.82 Å². The Morgan fingerprint density at radius 2 is 1.76 bits per heavy atom. The summed E-state index contributed by atoms with van der Waals surface area (Å²) in [4.78, 5) is 32.5. The molecular weight excluding hydrogens is 428 g/mol. The average Bonchev–Trinajstić information content (AvgIpc) is 3.09. The Balaban J connectivity index is 1.40. The Labute approximate surface area is 202 Å². The number of anilines is 1. The lowest BCUT2D eigenvalue weighted by molar-refractivity contribution is 0.0920. The van der Waals surface area contributed by atoms with E-state index in [-0.39, 0.29) is 23.9 Å². The minimum Gasteiger partial charge on any atom is -0.496 e. The summed E-state index contributed by atoms with van der Waals surface area (Å²) >= 11 is 0. The van der Waals surface area contributed by atoms with Crippen LogP contribution in [0.5, 0.6) is 5.75 Å². The number of rotatable bonds is 7. The molecule has 7 nitrogen and oxygen atoms in total. The van der Waals surface area contributed by atoms with Crippen molar-refractivity contribution in [3.05, 3.63) is 53.2 Å². The van der Waals surface area contributed by atoms with Crippen LogP contribution in [0.3, 0.4) is 0 Å². The Morgan fingerprint density at radius 1 is 1.06 bits per heavy atom. The monoisotopic (exact) mass is 464 g/mol. The highest BCUT2D eigenvalue weighted by molar-refractivity contribution is 5.96. The van der Waals surface area contributed by atoms with E-state index in [2.05, 4.69) is 34.4 Å². The van der Waals surface area contributed by atoms with Crippen LogP contribution in [0.15, 0.2) is 36.5 Å². The van der Waals surface area contributed by atoms with Gasteiger partial charge in [0.05, 0.1) is 12.7 Å².